The van der Waals surface area contributed by atoms with Crippen molar-refractivity contribution in [3.8, 4) is 0 Å². The lowest BCUT2D eigenvalue weighted by molar-refractivity contribution is -0.131. The van der Waals surface area contributed by atoms with Crippen LogP contribution in [-0.4, -0.2) is 23.7 Å². The molecule has 0 radical (unpaired) electrons. The third-order valence-corrected chi connectivity index (χ3v) is 4.53. The van der Waals surface area contributed by atoms with E-state index in [1.807, 2.05) is 19.9 Å². The number of carbonyl (C=O) groups is 1. The van der Waals surface area contributed by atoms with E-state index in [2.05, 4.69) is 30.4 Å². The second kappa shape index (κ2) is 5.96. The lowest BCUT2D eigenvalue weighted by atomic mass is 9.63. The molecule has 0 bridgehead atoms. The average Bonchev–Trinajstić information content (AvgIpc) is 2.34. The Morgan fingerprint density at radius 1 is 1.40 bits per heavy atom. The first-order chi connectivity index (χ1) is 9.49. The molecule has 0 spiro atoms. The van der Waals surface area contributed by atoms with Crippen LogP contribution >= 0.6 is 0 Å². The molecule has 0 aliphatic heterocycles. The minimum Gasteiger partial charge on any atom is -0.394 e. The van der Waals surface area contributed by atoms with Crippen LogP contribution in [0.1, 0.15) is 44.2 Å². The molecule has 1 aliphatic carbocycles. The number of hydrogen-bond donors (Lipinski definition) is 2. The van der Waals surface area contributed by atoms with E-state index < -0.39 is 0 Å². The maximum absolute atomic E-state index is 12.7. The first kappa shape index (κ1) is 15.0. The SMILES string of the molecule is Cc1cccc(C2(C(=O)NC(CO)C(C)C)CCC2)c1. The van der Waals surface area contributed by atoms with Gasteiger partial charge in [-0.2, -0.15) is 0 Å². The predicted octanol–water partition coefficient (Wildman–Crippen LogP) is 2.55. The molecule has 3 nitrogen and oxygen atoms in total. The standard InChI is InChI=1S/C17H25NO2/c1-12(2)15(11-19)18-16(20)17(8-5-9-17)14-7-4-6-13(3)10-14/h4,6-7,10,12,15,19H,5,8-9,11H2,1-3H3,(H,18,20). The Balaban J connectivity index is 2.21. The summed E-state index contributed by atoms with van der Waals surface area (Å²) in [6, 6.07) is 8.07. The average molecular weight is 275 g/mol. The summed E-state index contributed by atoms with van der Waals surface area (Å²) in [6.07, 6.45) is 2.89. The zero-order valence-corrected chi connectivity index (χ0v) is 12.6. The Kier molecular flexibility index (Phi) is 4.48. The molecule has 20 heavy (non-hydrogen) atoms. The molecule has 1 fully saturated rings. The minimum absolute atomic E-state index is 0.00664. The highest BCUT2D eigenvalue weighted by atomic mass is 16.3. The van der Waals surface area contributed by atoms with Crippen LogP contribution in [0.25, 0.3) is 0 Å². The number of amides is 1. The fourth-order valence-corrected chi connectivity index (χ4v) is 2.85. The summed E-state index contributed by atoms with van der Waals surface area (Å²) in [4.78, 5) is 12.7. The van der Waals surface area contributed by atoms with E-state index in [1.54, 1.807) is 0 Å². The van der Waals surface area contributed by atoms with Gasteiger partial charge in [0, 0.05) is 0 Å². The quantitative estimate of drug-likeness (QED) is 0.867. The van der Waals surface area contributed by atoms with Gasteiger partial charge in [-0.3, -0.25) is 4.79 Å². The number of nitrogens with one attached hydrogen (secondary N) is 1. The van der Waals surface area contributed by atoms with Gasteiger partial charge in [-0.1, -0.05) is 50.1 Å². The summed E-state index contributed by atoms with van der Waals surface area (Å²) < 4.78 is 0. The molecule has 1 aromatic rings. The zero-order chi connectivity index (χ0) is 14.8. The van der Waals surface area contributed by atoms with Crippen molar-refractivity contribution in [2.24, 2.45) is 5.92 Å². The molecule has 3 heteroatoms. The lowest BCUT2D eigenvalue weighted by Crippen LogP contribution is -2.54. The van der Waals surface area contributed by atoms with Gasteiger partial charge in [-0.25, -0.2) is 0 Å². The van der Waals surface area contributed by atoms with Crippen LogP contribution in [0.5, 0.6) is 0 Å². The summed E-state index contributed by atoms with van der Waals surface area (Å²) in [5.41, 5.74) is 1.92. The Labute approximate surface area is 121 Å². The predicted molar refractivity (Wildman–Crippen MR) is 80.6 cm³/mol. The van der Waals surface area contributed by atoms with E-state index in [0.29, 0.717) is 0 Å². The Morgan fingerprint density at radius 3 is 2.55 bits per heavy atom. The largest absolute Gasteiger partial charge is 0.394 e. The third-order valence-electron chi connectivity index (χ3n) is 4.53. The van der Waals surface area contributed by atoms with E-state index in [4.69, 9.17) is 0 Å². The van der Waals surface area contributed by atoms with Crippen LogP contribution < -0.4 is 5.32 Å². The van der Waals surface area contributed by atoms with E-state index >= 15 is 0 Å². The van der Waals surface area contributed by atoms with Crippen molar-refractivity contribution in [1.82, 2.24) is 5.32 Å². The molecule has 0 heterocycles. The molecule has 110 valence electrons. The van der Waals surface area contributed by atoms with E-state index in [-0.39, 0.29) is 29.9 Å². The molecule has 1 aromatic carbocycles. The van der Waals surface area contributed by atoms with Gasteiger partial charge in [0.05, 0.1) is 18.1 Å². The summed E-state index contributed by atoms with van der Waals surface area (Å²) >= 11 is 0. The second-order valence-electron chi connectivity index (χ2n) is 6.31. The zero-order valence-electron chi connectivity index (χ0n) is 12.6. The number of aliphatic hydroxyl groups excluding tert-OH is 1. The molecule has 1 atom stereocenters. The topological polar surface area (TPSA) is 49.3 Å². The summed E-state index contributed by atoms with van der Waals surface area (Å²) in [7, 11) is 0. The molecule has 0 aromatic heterocycles. The van der Waals surface area contributed by atoms with Crippen molar-refractivity contribution < 1.29 is 9.90 Å². The van der Waals surface area contributed by atoms with Gasteiger partial charge in [0.2, 0.25) is 5.91 Å². The van der Waals surface area contributed by atoms with Gasteiger partial charge in [0.25, 0.3) is 0 Å². The van der Waals surface area contributed by atoms with Crippen LogP contribution in [0.15, 0.2) is 24.3 Å². The van der Waals surface area contributed by atoms with Gasteiger partial charge >= 0.3 is 0 Å². The number of benzene rings is 1. The van der Waals surface area contributed by atoms with E-state index in [0.717, 1.165) is 24.8 Å². The van der Waals surface area contributed by atoms with E-state index in [1.165, 1.54) is 5.56 Å². The van der Waals surface area contributed by atoms with Crippen LogP contribution in [0.4, 0.5) is 0 Å². The van der Waals surface area contributed by atoms with Crippen LogP contribution in [0.3, 0.4) is 0 Å². The first-order valence-corrected chi connectivity index (χ1v) is 7.48. The second-order valence-corrected chi connectivity index (χ2v) is 6.31. The Hall–Kier alpha value is -1.35. The third kappa shape index (κ3) is 2.73. The van der Waals surface area contributed by atoms with Gasteiger partial charge in [0.15, 0.2) is 0 Å². The smallest absolute Gasteiger partial charge is 0.230 e. The molecule has 2 N–H and O–H groups in total. The van der Waals surface area contributed by atoms with Crippen LogP contribution in [0.2, 0.25) is 0 Å². The summed E-state index contributed by atoms with van der Waals surface area (Å²) in [5, 5.41) is 12.4. The highest BCUT2D eigenvalue weighted by molar-refractivity contribution is 5.89. The molecule has 1 saturated carbocycles. The number of hydrogen-bond acceptors (Lipinski definition) is 2. The van der Waals surface area contributed by atoms with Crippen molar-refractivity contribution >= 4 is 5.91 Å². The fourth-order valence-electron chi connectivity index (χ4n) is 2.85. The lowest BCUT2D eigenvalue weighted by Gasteiger charge is -2.42. The first-order valence-electron chi connectivity index (χ1n) is 7.48. The van der Waals surface area contributed by atoms with Crippen LogP contribution in [0, 0.1) is 12.8 Å². The Bertz CT molecular complexity index is 478. The molecule has 0 saturated heterocycles. The number of aryl methyl sites for hydroxylation is 1. The van der Waals surface area contributed by atoms with E-state index in [9.17, 15) is 9.90 Å². The fraction of sp³-hybridized carbons (Fsp3) is 0.588. The molecule has 1 amide bonds. The molecule has 2 rings (SSSR count). The summed E-state index contributed by atoms with van der Waals surface area (Å²) in [5.74, 6) is 0.306. The monoisotopic (exact) mass is 275 g/mol. The number of carbonyl (C=O) groups excluding carboxylic acids is 1. The van der Waals surface area contributed by atoms with Crippen molar-refractivity contribution in [2.75, 3.05) is 6.61 Å². The highest BCUT2D eigenvalue weighted by Crippen LogP contribution is 2.44. The van der Waals surface area contributed by atoms with Crippen molar-refractivity contribution in [2.45, 2.75) is 51.5 Å². The van der Waals surface area contributed by atoms with Gasteiger partial charge in [0.1, 0.15) is 0 Å². The Morgan fingerprint density at radius 2 is 2.10 bits per heavy atom. The van der Waals surface area contributed by atoms with Crippen LogP contribution in [-0.2, 0) is 10.2 Å². The minimum atomic E-state index is -0.381. The summed E-state index contributed by atoms with van der Waals surface area (Å²) in [6.45, 7) is 6.08. The maximum Gasteiger partial charge on any atom is 0.230 e. The highest BCUT2D eigenvalue weighted by Gasteiger charge is 2.46. The maximum atomic E-state index is 12.7. The van der Waals surface area contributed by atoms with Gasteiger partial charge < -0.3 is 10.4 Å². The van der Waals surface area contributed by atoms with Crippen molar-refractivity contribution in [3.63, 3.8) is 0 Å². The molecular weight excluding hydrogens is 250 g/mol. The van der Waals surface area contributed by atoms with Gasteiger partial charge in [-0.05, 0) is 31.2 Å². The number of rotatable bonds is 5. The molecular formula is C17H25NO2. The number of aliphatic hydroxyl groups is 1. The normalized spacial score (nSPS) is 18.4. The molecule has 1 unspecified atom stereocenters. The van der Waals surface area contributed by atoms with Crippen molar-refractivity contribution in [1.29, 1.82) is 0 Å². The molecule has 1 aliphatic rings. The van der Waals surface area contributed by atoms with Crippen molar-refractivity contribution in [3.05, 3.63) is 35.4 Å². The van der Waals surface area contributed by atoms with Gasteiger partial charge in [-0.15, -0.1) is 0 Å².